The Hall–Kier alpha value is -2.34. The maximum atomic E-state index is 12.0. The highest BCUT2D eigenvalue weighted by Crippen LogP contribution is 2.39. The van der Waals surface area contributed by atoms with Gasteiger partial charge in [0.2, 0.25) is 5.91 Å². The molecule has 1 aliphatic carbocycles. The Kier molecular flexibility index (Phi) is 4.11. The zero-order valence-electron chi connectivity index (χ0n) is 12.0. The van der Waals surface area contributed by atoms with Crippen molar-refractivity contribution < 1.29 is 18.7 Å². The first-order valence-corrected chi connectivity index (χ1v) is 7.76. The Balaban J connectivity index is 1.80. The molecular weight excluding hydrogens is 302 g/mol. The zero-order chi connectivity index (χ0) is 15.5. The van der Waals surface area contributed by atoms with Crippen LogP contribution in [0.5, 0.6) is 0 Å². The van der Waals surface area contributed by atoms with Crippen molar-refractivity contribution >= 4 is 34.3 Å². The van der Waals surface area contributed by atoms with Gasteiger partial charge < -0.3 is 14.5 Å². The number of hydrogen-bond acceptors (Lipinski definition) is 5. The molecule has 1 amide bonds. The number of aryl methyl sites for hydroxylation is 1. The fourth-order valence-electron chi connectivity index (χ4n) is 2.51. The number of amides is 1. The second-order valence-corrected chi connectivity index (χ2v) is 6.00. The van der Waals surface area contributed by atoms with E-state index in [1.54, 1.807) is 18.2 Å². The minimum Gasteiger partial charge on any atom is -0.465 e. The molecule has 0 unspecified atom stereocenters. The second kappa shape index (κ2) is 6.19. The molecule has 2 heterocycles. The molecule has 0 radical (unpaired) electrons. The van der Waals surface area contributed by atoms with Crippen LogP contribution in [-0.2, 0) is 22.4 Å². The van der Waals surface area contributed by atoms with Gasteiger partial charge in [-0.15, -0.1) is 11.3 Å². The van der Waals surface area contributed by atoms with Crippen molar-refractivity contribution in [1.29, 1.82) is 0 Å². The van der Waals surface area contributed by atoms with E-state index in [1.165, 1.54) is 30.8 Å². The number of ether oxygens (including phenoxy) is 1. The van der Waals surface area contributed by atoms with Crippen LogP contribution in [0.3, 0.4) is 0 Å². The van der Waals surface area contributed by atoms with Gasteiger partial charge in [0.25, 0.3) is 0 Å². The SMILES string of the molecule is COC(=O)c1c(NC(=O)/C=C\c2ccco2)sc2c1CCC2. The molecule has 0 spiro atoms. The van der Waals surface area contributed by atoms with Crippen LogP contribution in [0.1, 0.15) is 33.0 Å². The van der Waals surface area contributed by atoms with Gasteiger partial charge in [-0.25, -0.2) is 4.79 Å². The average molecular weight is 317 g/mol. The molecule has 0 aromatic carbocycles. The molecule has 0 atom stereocenters. The Bertz CT molecular complexity index is 728. The predicted molar refractivity (Wildman–Crippen MR) is 84.1 cm³/mol. The number of thiophene rings is 1. The third-order valence-corrected chi connectivity index (χ3v) is 4.70. The Labute approximate surface area is 131 Å². The summed E-state index contributed by atoms with van der Waals surface area (Å²) in [7, 11) is 1.35. The Morgan fingerprint density at radius 3 is 3.00 bits per heavy atom. The first-order chi connectivity index (χ1) is 10.7. The molecule has 0 saturated heterocycles. The summed E-state index contributed by atoms with van der Waals surface area (Å²) in [5.41, 5.74) is 1.52. The highest BCUT2D eigenvalue weighted by Gasteiger charge is 2.27. The van der Waals surface area contributed by atoms with Gasteiger partial charge in [-0.3, -0.25) is 4.79 Å². The summed E-state index contributed by atoms with van der Waals surface area (Å²) in [4.78, 5) is 25.2. The first-order valence-electron chi connectivity index (χ1n) is 6.94. The number of hydrogen-bond donors (Lipinski definition) is 1. The van der Waals surface area contributed by atoms with E-state index in [9.17, 15) is 9.59 Å². The van der Waals surface area contributed by atoms with E-state index in [2.05, 4.69) is 5.32 Å². The monoisotopic (exact) mass is 317 g/mol. The molecule has 1 N–H and O–H groups in total. The van der Waals surface area contributed by atoms with Crippen LogP contribution in [0.4, 0.5) is 5.00 Å². The van der Waals surface area contributed by atoms with Gasteiger partial charge >= 0.3 is 5.97 Å². The summed E-state index contributed by atoms with van der Waals surface area (Å²) < 4.78 is 9.97. The van der Waals surface area contributed by atoms with Crippen LogP contribution < -0.4 is 5.32 Å². The predicted octanol–water partition coefficient (Wildman–Crippen LogP) is 3.27. The number of rotatable bonds is 4. The molecule has 0 aliphatic heterocycles. The van der Waals surface area contributed by atoms with Crippen LogP contribution in [0.2, 0.25) is 0 Å². The lowest BCUT2D eigenvalue weighted by Gasteiger charge is -2.04. The van der Waals surface area contributed by atoms with Crippen LogP contribution in [0, 0.1) is 0 Å². The topological polar surface area (TPSA) is 68.5 Å². The molecule has 1 aliphatic rings. The molecule has 114 valence electrons. The largest absolute Gasteiger partial charge is 0.465 e. The van der Waals surface area contributed by atoms with E-state index in [1.807, 2.05) is 0 Å². The van der Waals surface area contributed by atoms with Crippen LogP contribution in [0.25, 0.3) is 6.08 Å². The molecule has 3 rings (SSSR count). The van der Waals surface area contributed by atoms with Crippen molar-refractivity contribution in [3.63, 3.8) is 0 Å². The molecule has 0 bridgehead atoms. The maximum absolute atomic E-state index is 12.0. The average Bonchev–Trinajstić information content (AvgIpc) is 3.21. The van der Waals surface area contributed by atoms with Crippen molar-refractivity contribution in [2.75, 3.05) is 12.4 Å². The molecule has 0 fully saturated rings. The number of anilines is 1. The van der Waals surface area contributed by atoms with Gasteiger partial charge in [-0.2, -0.15) is 0 Å². The van der Waals surface area contributed by atoms with E-state index in [-0.39, 0.29) is 5.91 Å². The Morgan fingerprint density at radius 2 is 2.27 bits per heavy atom. The summed E-state index contributed by atoms with van der Waals surface area (Å²) in [6.07, 6.45) is 7.34. The maximum Gasteiger partial charge on any atom is 0.341 e. The van der Waals surface area contributed by atoms with E-state index in [0.717, 1.165) is 29.7 Å². The number of fused-ring (bicyclic) bond motifs is 1. The van der Waals surface area contributed by atoms with E-state index in [4.69, 9.17) is 9.15 Å². The smallest absolute Gasteiger partial charge is 0.341 e. The molecule has 2 aromatic heterocycles. The molecule has 2 aromatic rings. The van der Waals surface area contributed by atoms with Crippen LogP contribution >= 0.6 is 11.3 Å². The van der Waals surface area contributed by atoms with Crippen molar-refractivity contribution in [2.45, 2.75) is 19.3 Å². The van der Waals surface area contributed by atoms with Gasteiger partial charge in [0.05, 0.1) is 18.9 Å². The molecule has 5 nitrogen and oxygen atoms in total. The third kappa shape index (κ3) is 2.82. The highest BCUT2D eigenvalue weighted by atomic mass is 32.1. The summed E-state index contributed by atoms with van der Waals surface area (Å²) >= 11 is 1.45. The quantitative estimate of drug-likeness (QED) is 0.694. The lowest BCUT2D eigenvalue weighted by atomic mass is 10.1. The Morgan fingerprint density at radius 1 is 1.41 bits per heavy atom. The summed E-state index contributed by atoms with van der Waals surface area (Å²) in [5.74, 6) is -0.108. The number of methoxy groups -OCH3 is 1. The fourth-order valence-corrected chi connectivity index (χ4v) is 3.79. The minimum absolute atomic E-state index is 0.304. The lowest BCUT2D eigenvalue weighted by molar-refractivity contribution is -0.111. The van der Waals surface area contributed by atoms with Gasteiger partial charge in [0.1, 0.15) is 10.8 Å². The zero-order valence-corrected chi connectivity index (χ0v) is 12.9. The number of furan rings is 1. The van der Waals surface area contributed by atoms with Gasteiger partial charge in [0.15, 0.2) is 0 Å². The number of carbonyl (C=O) groups is 2. The molecular formula is C16H15NO4S. The number of carbonyl (C=O) groups excluding carboxylic acids is 2. The van der Waals surface area contributed by atoms with Crippen molar-refractivity contribution in [2.24, 2.45) is 0 Å². The van der Waals surface area contributed by atoms with Gasteiger partial charge in [-0.05, 0) is 43.0 Å². The number of esters is 1. The minimum atomic E-state index is -0.398. The van der Waals surface area contributed by atoms with Crippen molar-refractivity contribution in [1.82, 2.24) is 0 Å². The van der Waals surface area contributed by atoms with Crippen molar-refractivity contribution in [3.8, 4) is 0 Å². The van der Waals surface area contributed by atoms with Crippen molar-refractivity contribution in [3.05, 3.63) is 46.2 Å². The summed E-state index contributed by atoms with van der Waals surface area (Å²) in [6.45, 7) is 0. The fraction of sp³-hybridized carbons (Fsp3) is 0.250. The van der Waals surface area contributed by atoms with E-state index in [0.29, 0.717) is 16.3 Å². The van der Waals surface area contributed by atoms with E-state index < -0.39 is 5.97 Å². The first kappa shape index (κ1) is 14.6. The summed E-state index contributed by atoms with van der Waals surface area (Å²) in [6, 6.07) is 3.50. The van der Waals surface area contributed by atoms with Crippen LogP contribution in [0.15, 0.2) is 28.9 Å². The molecule has 22 heavy (non-hydrogen) atoms. The molecule has 6 heteroatoms. The molecule has 0 saturated carbocycles. The highest BCUT2D eigenvalue weighted by molar-refractivity contribution is 7.17. The van der Waals surface area contributed by atoms with Crippen LogP contribution in [-0.4, -0.2) is 19.0 Å². The third-order valence-electron chi connectivity index (χ3n) is 3.49. The standard InChI is InChI=1S/C16H15NO4S/c1-20-16(19)14-11-5-2-6-12(11)22-15(14)17-13(18)8-7-10-4-3-9-21-10/h3-4,7-9H,2,5-6H2,1H3,(H,17,18)/b8-7-. The normalized spacial score (nSPS) is 13.3. The number of nitrogens with one attached hydrogen (secondary N) is 1. The summed E-state index contributed by atoms with van der Waals surface area (Å²) in [5, 5.41) is 3.33. The van der Waals surface area contributed by atoms with Gasteiger partial charge in [0, 0.05) is 11.0 Å². The second-order valence-electron chi connectivity index (χ2n) is 4.89. The van der Waals surface area contributed by atoms with E-state index >= 15 is 0 Å². The lowest BCUT2D eigenvalue weighted by Crippen LogP contribution is -2.12. The van der Waals surface area contributed by atoms with Gasteiger partial charge in [-0.1, -0.05) is 0 Å².